The van der Waals surface area contributed by atoms with Crippen LogP contribution in [-0.4, -0.2) is 28.5 Å². The minimum Gasteiger partial charge on any atom is -0.347 e. The molecule has 25 heavy (non-hydrogen) atoms. The molecule has 1 saturated carbocycles. The van der Waals surface area contributed by atoms with Crippen LogP contribution >= 0.6 is 0 Å². The number of nitrogens with zero attached hydrogens (tertiary/aromatic N) is 3. The Kier molecular flexibility index (Phi) is 3.95. The lowest BCUT2D eigenvalue weighted by molar-refractivity contribution is -0.126. The van der Waals surface area contributed by atoms with E-state index >= 15 is 0 Å². The molecule has 1 unspecified atom stereocenters. The molecule has 7 nitrogen and oxygen atoms in total. The maximum absolute atomic E-state index is 13.0. The molecule has 2 aromatic rings. The Bertz CT molecular complexity index is 800. The molecule has 0 radical (unpaired) electrons. The van der Waals surface area contributed by atoms with Crippen molar-refractivity contribution in [1.29, 1.82) is 0 Å². The van der Waals surface area contributed by atoms with E-state index in [1.54, 1.807) is 0 Å². The van der Waals surface area contributed by atoms with Crippen molar-refractivity contribution in [2.45, 2.75) is 31.7 Å². The van der Waals surface area contributed by atoms with Crippen LogP contribution < -0.4 is 10.2 Å². The van der Waals surface area contributed by atoms with Crippen molar-refractivity contribution in [1.82, 2.24) is 15.5 Å². The van der Waals surface area contributed by atoms with Gasteiger partial charge in [-0.3, -0.25) is 9.59 Å². The van der Waals surface area contributed by atoms with E-state index in [9.17, 15) is 14.0 Å². The Hall–Kier alpha value is -2.77. The number of nitrogens with one attached hydrogen (secondary N) is 1. The highest BCUT2D eigenvalue weighted by molar-refractivity contribution is 6.00. The second kappa shape index (κ2) is 6.27. The molecule has 2 heterocycles. The number of hydrogen-bond donors (Lipinski definition) is 1. The second-order valence-electron chi connectivity index (χ2n) is 6.42. The highest BCUT2D eigenvalue weighted by atomic mass is 19.1. The average Bonchev–Trinajstić information content (AvgIpc) is 3.22. The van der Waals surface area contributed by atoms with Gasteiger partial charge in [-0.15, -0.1) is 0 Å². The van der Waals surface area contributed by atoms with Crippen LogP contribution in [0.5, 0.6) is 0 Å². The predicted octanol–water partition coefficient (Wildman–Crippen LogP) is 1.76. The summed E-state index contributed by atoms with van der Waals surface area (Å²) in [7, 11) is 0. The van der Waals surface area contributed by atoms with Crippen LogP contribution in [0.1, 0.15) is 36.9 Å². The van der Waals surface area contributed by atoms with Crippen LogP contribution in [0.25, 0.3) is 0 Å². The maximum Gasteiger partial charge on any atom is 0.246 e. The second-order valence-corrected chi connectivity index (χ2v) is 6.42. The lowest BCUT2D eigenvalue weighted by Crippen LogP contribution is -2.32. The predicted molar refractivity (Wildman–Crippen MR) is 85.0 cm³/mol. The van der Waals surface area contributed by atoms with Gasteiger partial charge >= 0.3 is 0 Å². The third kappa shape index (κ3) is 3.38. The van der Waals surface area contributed by atoms with Crippen LogP contribution in [0.4, 0.5) is 10.1 Å². The number of aromatic nitrogens is 2. The Morgan fingerprint density at radius 3 is 2.80 bits per heavy atom. The van der Waals surface area contributed by atoms with Gasteiger partial charge in [-0.25, -0.2) is 4.39 Å². The molecule has 1 aromatic heterocycles. The standard InChI is InChI=1S/C17H17FN4O3/c18-12-3-5-13(6-4-12)22-9-11(7-15(22)23)17(24)19-8-14-20-16(21-25-14)10-1-2-10/h3-6,10-11H,1-2,7-9H2,(H,19,24). The quantitative estimate of drug-likeness (QED) is 0.893. The molecule has 1 saturated heterocycles. The van der Waals surface area contributed by atoms with Crippen LogP contribution in [0.2, 0.25) is 0 Å². The summed E-state index contributed by atoms with van der Waals surface area (Å²) in [6, 6.07) is 5.66. The minimum absolute atomic E-state index is 0.125. The molecule has 1 N–H and O–H groups in total. The number of anilines is 1. The molecule has 1 aliphatic heterocycles. The Morgan fingerprint density at radius 2 is 2.08 bits per heavy atom. The van der Waals surface area contributed by atoms with Gasteiger partial charge in [0.05, 0.1) is 12.5 Å². The fourth-order valence-corrected chi connectivity index (χ4v) is 2.91. The number of carbonyl (C=O) groups is 2. The van der Waals surface area contributed by atoms with E-state index in [0.29, 0.717) is 23.3 Å². The summed E-state index contributed by atoms with van der Waals surface area (Å²) in [4.78, 5) is 30.2. The zero-order valence-corrected chi connectivity index (χ0v) is 13.4. The first-order valence-electron chi connectivity index (χ1n) is 8.26. The monoisotopic (exact) mass is 344 g/mol. The molecule has 2 aliphatic rings. The number of rotatable bonds is 5. The topological polar surface area (TPSA) is 88.3 Å². The average molecular weight is 344 g/mol. The van der Waals surface area contributed by atoms with Crippen LogP contribution in [0, 0.1) is 11.7 Å². The normalized spacial score (nSPS) is 20.1. The van der Waals surface area contributed by atoms with Gasteiger partial charge < -0.3 is 14.7 Å². The third-order valence-electron chi connectivity index (χ3n) is 4.47. The van der Waals surface area contributed by atoms with Crippen molar-refractivity contribution in [2.24, 2.45) is 5.92 Å². The highest BCUT2D eigenvalue weighted by Crippen LogP contribution is 2.38. The molecular weight excluding hydrogens is 327 g/mol. The van der Waals surface area contributed by atoms with Gasteiger partial charge in [0.1, 0.15) is 5.82 Å². The third-order valence-corrected chi connectivity index (χ3v) is 4.47. The summed E-state index contributed by atoms with van der Waals surface area (Å²) >= 11 is 0. The molecule has 4 rings (SSSR count). The van der Waals surface area contributed by atoms with Gasteiger partial charge in [0, 0.05) is 24.6 Å². The van der Waals surface area contributed by atoms with Crippen molar-refractivity contribution in [3.63, 3.8) is 0 Å². The number of benzene rings is 1. The molecule has 0 spiro atoms. The summed E-state index contributed by atoms with van der Waals surface area (Å²) in [5.74, 6) is 0.255. The van der Waals surface area contributed by atoms with Gasteiger partial charge in [0.25, 0.3) is 0 Å². The van der Waals surface area contributed by atoms with Gasteiger partial charge in [-0.2, -0.15) is 4.98 Å². The Morgan fingerprint density at radius 1 is 1.32 bits per heavy atom. The van der Waals surface area contributed by atoms with E-state index in [2.05, 4.69) is 15.5 Å². The molecule has 1 aromatic carbocycles. The van der Waals surface area contributed by atoms with Crippen molar-refractivity contribution in [2.75, 3.05) is 11.4 Å². The summed E-state index contributed by atoms with van der Waals surface area (Å²) in [6.45, 7) is 0.424. The van der Waals surface area contributed by atoms with Gasteiger partial charge in [-0.1, -0.05) is 5.16 Å². The molecule has 2 fully saturated rings. The maximum atomic E-state index is 13.0. The molecule has 2 amide bonds. The Balaban J connectivity index is 1.34. The van der Waals surface area contributed by atoms with Crippen molar-refractivity contribution >= 4 is 17.5 Å². The van der Waals surface area contributed by atoms with Gasteiger partial charge in [-0.05, 0) is 37.1 Å². The van der Waals surface area contributed by atoms with Crippen LogP contribution in [0.15, 0.2) is 28.8 Å². The van der Waals surface area contributed by atoms with Gasteiger partial charge in [0.2, 0.25) is 17.7 Å². The molecule has 8 heteroatoms. The molecule has 0 bridgehead atoms. The largest absolute Gasteiger partial charge is 0.347 e. The van der Waals surface area contributed by atoms with Crippen molar-refractivity contribution in [3.05, 3.63) is 41.8 Å². The summed E-state index contributed by atoms with van der Waals surface area (Å²) in [5.41, 5.74) is 0.590. The molecule has 1 aliphatic carbocycles. The minimum atomic E-state index is -0.455. The first-order chi connectivity index (χ1) is 12.1. The van der Waals surface area contributed by atoms with E-state index < -0.39 is 5.92 Å². The van der Waals surface area contributed by atoms with Crippen LogP contribution in [-0.2, 0) is 16.1 Å². The highest BCUT2D eigenvalue weighted by Gasteiger charge is 2.35. The van der Waals surface area contributed by atoms with E-state index in [1.165, 1.54) is 29.2 Å². The number of carbonyl (C=O) groups excluding carboxylic acids is 2. The van der Waals surface area contributed by atoms with E-state index in [-0.39, 0.29) is 37.1 Å². The summed E-state index contributed by atoms with van der Waals surface area (Å²) < 4.78 is 18.1. The lowest BCUT2D eigenvalue weighted by Gasteiger charge is -2.16. The summed E-state index contributed by atoms with van der Waals surface area (Å²) in [5, 5.41) is 6.64. The number of amides is 2. The zero-order chi connectivity index (χ0) is 17.4. The molecule has 130 valence electrons. The van der Waals surface area contributed by atoms with E-state index in [4.69, 9.17) is 4.52 Å². The molecular formula is C17H17FN4O3. The first-order valence-corrected chi connectivity index (χ1v) is 8.26. The smallest absolute Gasteiger partial charge is 0.246 e. The van der Waals surface area contributed by atoms with Gasteiger partial charge in [0.15, 0.2) is 5.82 Å². The zero-order valence-electron chi connectivity index (χ0n) is 13.4. The molecule has 1 atom stereocenters. The lowest BCUT2D eigenvalue weighted by atomic mass is 10.1. The van der Waals surface area contributed by atoms with E-state index in [1.807, 2.05) is 0 Å². The SMILES string of the molecule is O=C(NCc1nc(C2CC2)no1)C1CC(=O)N(c2ccc(F)cc2)C1. The summed E-state index contributed by atoms with van der Waals surface area (Å²) in [6.07, 6.45) is 2.28. The fourth-order valence-electron chi connectivity index (χ4n) is 2.91. The first kappa shape index (κ1) is 15.7. The van der Waals surface area contributed by atoms with E-state index in [0.717, 1.165) is 12.8 Å². The number of hydrogen-bond acceptors (Lipinski definition) is 5. The van der Waals surface area contributed by atoms with Crippen molar-refractivity contribution in [3.8, 4) is 0 Å². The van der Waals surface area contributed by atoms with Crippen molar-refractivity contribution < 1.29 is 18.5 Å². The fraction of sp³-hybridized carbons (Fsp3) is 0.412. The Labute approximate surface area is 143 Å². The number of halogens is 1. The van der Waals surface area contributed by atoms with Crippen LogP contribution in [0.3, 0.4) is 0 Å².